The standard InChI is InChI=1S/C16H27N3O2/c1-19-14(7-8-18-19)12-4-2-5-13(10-12)17-11-15(20)16-6-3-9-21-16/h7-8,12-13,15-17,20H,2-6,9-11H2,1H3. The maximum atomic E-state index is 10.2. The number of ether oxygens (including phenoxy) is 1. The summed E-state index contributed by atoms with van der Waals surface area (Å²) in [5.41, 5.74) is 1.33. The highest BCUT2D eigenvalue weighted by Gasteiger charge is 2.27. The lowest BCUT2D eigenvalue weighted by atomic mass is 9.83. The summed E-state index contributed by atoms with van der Waals surface area (Å²) in [7, 11) is 2.02. The van der Waals surface area contributed by atoms with Crippen molar-refractivity contribution in [3.8, 4) is 0 Å². The van der Waals surface area contributed by atoms with Crippen molar-refractivity contribution >= 4 is 0 Å². The average Bonchev–Trinajstić information content (AvgIpc) is 3.16. The zero-order valence-electron chi connectivity index (χ0n) is 12.9. The van der Waals surface area contributed by atoms with Crippen LogP contribution in [0, 0.1) is 0 Å². The quantitative estimate of drug-likeness (QED) is 0.865. The van der Waals surface area contributed by atoms with Gasteiger partial charge in [-0.15, -0.1) is 0 Å². The van der Waals surface area contributed by atoms with Gasteiger partial charge in [0.05, 0.1) is 12.2 Å². The number of aromatic nitrogens is 2. The van der Waals surface area contributed by atoms with Crippen LogP contribution in [0.25, 0.3) is 0 Å². The molecule has 2 fully saturated rings. The molecule has 4 atom stereocenters. The molecule has 118 valence electrons. The Morgan fingerprint density at radius 2 is 2.33 bits per heavy atom. The Bertz CT molecular complexity index is 442. The van der Waals surface area contributed by atoms with Crippen molar-refractivity contribution in [2.24, 2.45) is 7.05 Å². The molecule has 2 N–H and O–H groups in total. The molecular weight excluding hydrogens is 266 g/mol. The molecule has 1 saturated carbocycles. The van der Waals surface area contributed by atoms with E-state index in [2.05, 4.69) is 16.5 Å². The van der Waals surface area contributed by atoms with E-state index in [0.717, 1.165) is 25.9 Å². The Balaban J connectivity index is 1.48. The fraction of sp³-hybridized carbons (Fsp3) is 0.812. The smallest absolute Gasteiger partial charge is 0.0925 e. The summed E-state index contributed by atoms with van der Waals surface area (Å²) in [6.45, 7) is 1.45. The summed E-state index contributed by atoms with van der Waals surface area (Å²) in [6, 6.07) is 2.63. The zero-order valence-corrected chi connectivity index (χ0v) is 12.9. The molecular formula is C16H27N3O2. The van der Waals surface area contributed by atoms with Crippen molar-refractivity contribution in [1.29, 1.82) is 0 Å². The Morgan fingerprint density at radius 3 is 3.05 bits per heavy atom. The minimum Gasteiger partial charge on any atom is -0.389 e. The van der Waals surface area contributed by atoms with Gasteiger partial charge in [0.2, 0.25) is 0 Å². The van der Waals surface area contributed by atoms with Crippen LogP contribution < -0.4 is 5.32 Å². The fourth-order valence-corrected chi connectivity index (χ4v) is 3.75. The van der Waals surface area contributed by atoms with E-state index in [1.54, 1.807) is 0 Å². The van der Waals surface area contributed by atoms with Crippen LogP contribution in [0.4, 0.5) is 0 Å². The highest BCUT2D eigenvalue weighted by molar-refractivity contribution is 5.09. The predicted octanol–water partition coefficient (Wildman–Crippen LogP) is 1.58. The summed E-state index contributed by atoms with van der Waals surface area (Å²) in [5.74, 6) is 0.587. The van der Waals surface area contributed by atoms with Gasteiger partial charge in [0, 0.05) is 44.0 Å². The second-order valence-corrected chi connectivity index (χ2v) is 6.47. The molecule has 1 aromatic heterocycles. The number of aryl methyl sites for hydroxylation is 1. The largest absolute Gasteiger partial charge is 0.389 e. The molecule has 1 aliphatic heterocycles. The molecule has 1 saturated heterocycles. The van der Waals surface area contributed by atoms with E-state index in [0.29, 0.717) is 18.5 Å². The summed E-state index contributed by atoms with van der Waals surface area (Å²) in [6.07, 6.45) is 8.44. The molecule has 2 aliphatic rings. The molecule has 2 heterocycles. The van der Waals surface area contributed by atoms with Gasteiger partial charge in [0.1, 0.15) is 0 Å². The van der Waals surface area contributed by atoms with Crippen molar-refractivity contribution in [3.05, 3.63) is 18.0 Å². The van der Waals surface area contributed by atoms with Gasteiger partial charge in [-0.25, -0.2) is 0 Å². The van der Waals surface area contributed by atoms with E-state index in [1.807, 2.05) is 17.9 Å². The molecule has 5 heteroatoms. The number of nitrogens with one attached hydrogen (secondary N) is 1. The van der Waals surface area contributed by atoms with Crippen LogP contribution in [0.15, 0.2) is 12.3 Å². The lowest BCUT2D eigenvalue weighted by Crippen LogP contribution is -2.42. The van der Waals surface area contributed by atoms with E-state index in [4.69, 9.17) is 4.74 Å². The van der Waals surface area contributed by atoms with Gasteiger partial charge < -0.3 is 15.2 Å². The normalized spacial score (nSPS) is 31.4. The first-order valence-corrected chi connectivity index (χ1v) is 8.25. The SMILES string of the molecule is Cn1nccc1C1CCCC(NCC(O)C2CCCO2)C1. The summed E-state index contributed by atoms with van der Waals surface area (Å²) < 4.78 is 7.54. The van der Waals surface area contributed by atoms with Gasteiger partial charge in [0.25, 0.3) is 0 Å². The third kappa shape index (κ3) is 3.65. The Labute approximate surface area is 126 Å². The number of aliphatic hydroxyl groups excluding tert-OH is 1. The van der Waals surface area contributed by atoms with Crippen molar-refractivity contribution in [3.63, 3.8) is 0 Å². The molecule has 1 aromatic rings. The molecule has 0 aromatic carbocycles. The molecule has 0 spiro atoms. The van der Waals surface area contributed by atoms with Gasteiger partial charge in [-0.3, -0.25) is 4.68 Å². The van der Waals surface area contributed by atoms with Crippen molar-refractivity contribution < 1.29 is 9.84 Å². The molecule has 4 unspecified atom stereocenters. The molecule has 21 heavy (non-hydrogen) atoms. The van der Waals surface area contributed by atoms with Gasteiger partial charge in [-0.1, -0.05) is 6.42 Å². The molecule has 0 radical (unpaired) electrons. The molecule has 1 aliphatic carbocycles. The third-order valence-electron chi connectivity index (χ3n) is 4.96. The first-order chi connectivity index (χ1) is 10.2. The van der Waals surface area contributed by atoms with Gasteiger partial charge in [0.15, 0.2) is 0 Å². The van der Waals surface area contributed by atoms with Crippen LogP contribution in [0.5, 0.6) is 0 Å². The van der Waals surface area contributed by atoms with Crippen LogP contribution in [-0.2, 0) is 11.8 Å². The number of rotatable bonds is 5. The topological polar surface area (TPSA) is 59.3 Å². The van der Waals surface area contributed by atoms with Crippen molar-refractivity contribution in [2.45, 2.75) is 62.7 Å². The van der Waals surface area contributed by atoms with Crippen LogP contribution in [-0.4, -0.2) is 46.3 Å². The highest BCUT2D eigenvalue weighted by atomic mass is 16.5. The lowest BCUT2D eigenvalue weighted by Gasteiger charge is -2.31. The number of hydrogen-bond donors (Lipinski definition) is 2. The second-order valence-electron chi connectivity index (χ2n) is 6.47. The van der Waals surface area contributed by atoms with Crippen LogP contribution in [0.1, 0.15) is 50.1 Å². The van der Waals surface area contributed by atoms with Crippen molar-refractivity contribution in [2.75, 3.05) is 13.2 Å². The predicted molar refractivity (Wildman–Crippen MR) is 81.2 cm³/mol. The van der Waals surface area contributed by atoms with E-state index in [1.165, 1.54) is 25.0 Å². The summed E-state index contributed by atoms with van der Waals surface area (Å²) >= 11 is 0. The number of nitrogens with zero attached hydrogens (tertiary/aromatic N) is 2. The molecule has 0 amide bonds. The summed E-state index contributed by atoms with van der Waals surface area (Å²) in [4.78, 5) is 0. The Hall–Kier alpha value is -0.910. The van der Waals surface area contributed by atoms with E-state index >= 15 is 0 Å². The van der Waals surface area contributed by atoms with Gasteiger partial charge in [-0.05, 0) is 38.2 Å². The third-order valence-corrected chi connectivity index (χ3v) is 4.96. The van der Waals surface area contributed by atoms with Crippen molar-refractivity contribution in [1.82, 2.24) is 15.1 Å². The first kappa shape index (κ1) is 15.0. The van der Waals surface area contributed by atoms with Crippen LogP contribution >= 0.6 is 0 Å². The van der Waals surface area contributed by atoms with E-state index < -0.39 is 0 Å². The zero-order chi connectivity index (χ0) is 14.7. The lowest BCUT2D eigenvalue weighted by molar-refractivity contribution is -0.00229. The number of aliphatic hydroxyl groups is 1. The minimum absolute atomic E-state index is 0.0361. The fourth-order valence-electron chi connectivity index (χ4n) is 3.75. The van der Waals surface area contributed by atoms with E-state index in [-0.39, 0.29) is 12.2 Å². The maximum Gasteiger partial charge on any atom is 0.0925 e. The molecule has 0 bridgehead atoms. The first-order valence-electron chi connectivity index (χ1n) is 8.25. The molecule has 3 rings (SSSR count). The van der Waals surface area contributed by atoms with Crippen LogP contribution in [0.3, 0.4) is 0 Å². The number of hydrogen-bond acceptors (Lipinski definition) is 4. The highest BCUT2D eigenvalue weighted by Crippen LogP contribution is 2.32. The Kier molecular flexibility index (Phi) is 4.93. The second kappa shape index (κ2) is 6.90. The van der Waals surface area contributed by atoms with Crippen LogP contribution in [0.2, 0.25) is 0 Å². The van der Waals surface area contributed by atoms with E-state index in [9.17, 15) is 5.11 Å². The molecule has 5 nitrogen and oxygen atoms in total. The maximum absolute atomic E-state index is 10.2. The minimum atomic E-state index is -0.371. The van der Waals surface area contributed by atoms with Gasteiger partial charge in [-0.2, -0.15) is 5.10 Å². The average molecular weight is 293 g/mol. The van der Waals surface area contributed by atoms with Gasteiger partial charge >= 0.3 is 0 Å². The monoisotopic (exact) mass is 293 g/mol. The Morgan fingerprint density at radius 1 is 1.43 bits per heavy atom. The summed E-state index contributed by atoms with van der Waals surface area (Å²) in [5, 5.41) is 18.0.